The average molecular weight is 286 g/mol. The highest BCUT2D eigenvalue weighted by molar-refractivity contribution is 5.91. The number of rotatable bonds is 7. The van der Waals surface area contributed by atoms with E-state index in [1.165, 1.54) is 12.8 Å². The van der Waals surface area contributed by atoms with Crippen molar-refractivity contribution in [2.45, 2.75) is 39.0 Å². The van der Waals surface area contributed by atoms with Crippen LogP contribution in [-0.2, 0) is 4.79 Å². The fourth-order valence-corrected chi connectivity index (χ4v) is 2.18. The first kappa shape index (κ1) is 15.1. The molecular formula is C16H22N4O. The number of nitrogens with zero attached hydrogens (tertiary/aromatic N) is 1. The fraction of sp³-hybridized carbons (Fsp3) is 0.375. The van der Waals surface area contributed by atoms with Crippen LogP contribution in [0.25, 0.3) is 11.3 Å². The van der Waals surface area contributed by atoms with Crippen LogP contribution >= 0.6 is 0 Å². The molecule has 0 aliphatic rings. The molecule has 0 saturated carbocycles. The van der Waals surface area contributed by atoms with Crippen molar-refractivity contribution in [1.29, 1.82) is 0 Å². The van der Waals surface area contributed by atoms with Gasteiger partial charge in [0, 0.05) is 23.9 Å². The van der Waals surface area contributed by atoms with Crippen LogP contribution < -0.4 is 11.1 Å². The first-order valence-electron chi connectivity index (χ1n) is 7.40. The van der Waals surface area contributed by atoms with E-state index in [1.807, 2.05) is 24.3 Å². The standard InChI is InChI=1S/C16H22N4O/c1-2-3-4-5-9-15(21)19-13-8-6-7-12(10-13)14-11-18-16(17)20-14/h6-8,10-11H,2-5,9H2,1H3,(H,19,21)(H3,17,18,20). The number of nitrogens with one attached hydrogen (secondary N) is 2. The molecule has 0 atom stereocenters. The maximum atomic E-state index is 11.9. The third-order valence-electron chi connectivity index (χ3n) is 3.30. The molecule has 0 fully saturated rings. The van der Waals surface area contributed by atoms with Gasteiger partial charge >= 0.3 is 0 Å². The molecule has 1 amide bonds. The fourth-order valence-electron chi connectivity index (χ4n) is 2.18. The molecule has 4 N–H and O–H groups in total. The molecule has 0 radical (unpaired) electrons. The number of anilines is 2. The molecule has 0 aliphatic heterocycles. The van der Waals surface area contributed by atoms with E-state index < -0.39 is 0 Å². The lowest BCUT2D eigenvalue weighted by Crippen LogP contribution is -2.11. The zero-order valence-electron chi connectivity index (χ0n) is 12.4. The van der Waals surface area contributed by atoms with Crippen molar-refractivity contribution in [3.8, 4) is 11.3 Å². The number of aromatic nitrogens is 2. The Morgan fingerprint density at radius 3 is 2.90 bits per heavy atom. The number of imidazole rings is 1. The Bertz CT molecular complexity index is 591. The zero-order valence-corrected chi connectivity index (χ0v) is 12.4. The molecular weight excluding hydrogens is 264 g/mol. The molecule has 21 heavy (non-hydrogen) atoms. The monoisotopic (exact) mass is 286 g/mol. The normalized spacial score (nSPS) is 10.5. The molecule has 0 aliphatic carbocycles. The molecule has 1 heterocycles. The highest BCUT2D eigenvalue weighted by Gasteiger charge is 2.05. The third kappa shape index (κ3) is 4.63. The van der Waals surface area contributed by atoms with Crippen LogP contribution in [0.2, 0.25) is 0 Å². The van der Waals surface area contributed by atoms with Crippen LogP contribution in [0.3, 0.4) is 0 Å². The van der Waals surface area contributed by atoms with E-state index >= 15 is 0 Å². The highest BCUT2D eigenvalue weighted by Crippen LogP contribution is 2.21. The number of nitrogens with two attached hydrogens (primary N) is 1. The lowest BCUT2D eigenvalue weighted by molar-refractivity contribution is -0.116. The number of amides is 1. The van der Waals surface area contributed by atoms with Gasteiger partial charge in [0.1, 0.15) is 0 Å². The summed E-state index contributed by atoms with van der Waals surface area (Å²) in [6, 6.07) is 7.61. The summed E-state index contributed by atoms with van der Waals surface area (Å²) < 4.78 is 0. The summed E-state index contributed by atoms with van der Waals surface area (Å²) in [5.41, 5.74) is 8.06. The van der Waals surface area contributed by atoms with E-state index in [-0.39, 0.29) is 5.91 Å². The number of carbonyl (C=O) groups excluding carboxylic acids is 1. The quantitative estimate of drug-likeness (QED) is 0.680. The second-order valence-electron chi connectivity index (χ2n) is 5.11. The third-order valence-corrected chi connectivity index (χ3v) is 3.30. The van der Waals surface area contributed by atoms with E-state index in [9.17, 15) is 4.79 Å². The lowest BCUT2D eigenvalue weighted by Gasteiger charge is -2.06. The van der Waals surface area contributed by atoms with E-state index in [4.69, 9.17) is 5.73 Å². The van der Waals surface area contributed by atoms with Crippen molar-refractivity contribution in [3.05, 3.63) is 30.5 Å². The van der Waals surface area contributed by atoms with Gasteiger partial charge in [0.05, 0.1) is 5.69 Å². The molecule has 0 spiro atoms. The zero-order chi connectivity index (χ0) is 15.1. The van der Waals surface area contributed by atoms with Gasteiger partial charge in [-0.2, -0.15) is 0 Å². The van der Waals surface area contributed by atoms with Crippen LogP contribution in [0.15, 0.2) is 30.5 Å². The van der Waals surface area contributed by atoms with Gasteiger partial charge in [-0.1, -0.05) is 38.3 Å². The largest absolute Gasteiger partial charge is 0.369 e. The summed E-state index contributed by atoms with van der Waals surface area (Å²) >= 11 is 0. The predicted molar refractivity (Wildman–Crippen MR) is 85.8 cm³/mol. The van der Waals surface area contributed by atoms with Gasteiger partial charge in [0.2, 0.25) is 5.91 Å². The topological polar surface area (TPSA) is 83.8 Å². The maximum absolute atomic E-state index is 11.9. The van der Waals surface area contributed by atoms with Gasteiger partial charge in [-0.3, -0.25) is 4.79 Å². The minimum Gasteiger partial charge on any atom is -0.369 e. The molecule has 112 valence electrons. The molecule has 5 nitrogen and oxygen atoms in total. The average Bonchev–Trinajstić information content (AvgIpc) is 2.91. The Morgan fingerprint density at radius 1 is 1.33 bits per heavy atom. The van der Waals surface area contributed by atoms with Crippen molar-refractivity contribution in [3.63, 3.8) is 0 Å². The molecule has 0 saturated heterocycles. The number of carbonyl (C=O) groups is 1. The number of aromatic amines is 1. The minimum atomic E-state index is 0.0600. The molecule has 1 aromatic carbocycles. The van der Waals surface area contributed by atoms with Crippen LogP contribution in [0.4, 0.5) is 11.6 Å². The molecule has 2 rings (SSSR count). The van der Waals surface area contributed by atoms with Crippen molar-refractivity contribution in [2.75, 3.05) is 11.1 Å². The Kier molecular flexibility index (Phi) is 5.37. The van der Waals surface area contributed by atoms with Crippen molar-refractivity contribution < 1.29 is 4.79 Å². The Balaban J connectivity index is 1.93. The number of hydrogen-bond donors (Lipinski definition) is 3. The van der Waals surface area contributed by atoms with E-state index in [0.717, 1.165) is 29.8 Å². The van der Waals surface area contributed by atoms with Gasteiger partial charge < -0.3 is 16.0 Å². The smallest absolute Gasteiger partial charge is 0.224 e. The number of nitrogen functional groups attached to an aromatic ring is 1. The number of unbranched alkanes of at least 4 members (excludes halogenated alkanes) is 3. The number of H-pyrrole nitrogens is 1. The van der Waals surface area contributed by atoms with E-state index in [2.05, 4.69) is 22.2 Å². The Hall–Kier alpha value is -2.30. The Morgan fingerprint density at radius 2 is 2.19 bits per heavy atom. The number of hydrogen-bond acceptors (Lipinski definition) is 3. The summed E-state index contributed by atoms with van der Waals surface area (Å²) in [5, 5.41) is 2.93. The van der Waals surface area contributed by atoms with Crippen molar-refractivity contribution in [2.24, 2.45) is 0 Å². The summed E-state index contributed by atoms with van der Waals surface area (Å²) in [4.78, 5) is 18.9. The number of benzene rings is 1. The summed E-state index contributed by atoms with van der Waals surface area (Å²) in [7, 11) is 0. The van der Waals surface area contributed by atoms with Crippen LogP contribution in [-0.4, -0.2) is 15.9 Å². The molecule has 2 aromatic rings. The molecule has 5 heteroatoms. The van der Waals surface area contributed by atoms with E-state index in [1.54, 1.807) is 6.20 Å². The first-order chi connectivity index (χ1) is 10.2. The summed E-state index contributed by atoms with van der Waals surface area (Å²) in [6.45, 7) is 2.16. The first-order valence-corrected chi connectivity index (χ1v) is 7.40. The van der Waals surface area contributed by atoms with Gasteiger partial charge in [-0.05, 0) is 18.6 Å². The Labute approximate surface area is 125 Å². The second-order valence-corrected chi connectivity index (χ2v) is 5.11. The van der Waals surface area contributed by atoms with Crippen molar-refractivity contribution >= 4 is 17.5 Å². The molecule has 0 unspecified atom stereocenters. The molecule has 0 bridgehead atoms. The van der Waals surface area contributed by atoms with Crippen LogP contribution in [0.1, 0.15) is 39.0 Å². The second kappa shape index (κ2) is 7.47. The van der Waals surface area contributed by atoms with Gasteiger partial charge in [0.25, 0.3) is 0 Å². The lowest BCUT2D eigenvalue weighted by atomic mass is 10.1. The van der Waals surface area contributed by atoms with Crippen LogP contribution in [0, 0.1) is 0 Å². The summed E-state index contributed by atoms with van der Waals surface area (Å²) in [5.74, 6) is 0.445. The van der Waals surface area contributed by atoms with E-state index in [0.29, 0.717) is 12.4 Å². The maximum Gasteiger partial charge on any atom is 0.224 e. The minimum absolute atomic E-state index is 0.0600. The SMILES string of the molecule is CCCCCCC(=O)Nc1cccc(-c2c[nH]c(N)n2)c1. The van der Waals surface area contributed by atoms with Gasteiger partial charge in [-0.25, -0.2) is 4.98 Å². The highest BCUT2D eigenvalue weighted by atomic mass is 16.1. The summed E-state index contributed by atoms with van der Waals surface area (Å²) in [6.07, 6.45) is 6.73. The predicted octanol–water partition coefficient (Wildman–Crippen LogP) is 3.57. The van der Waals surface area contributed by atoms with Gasteiger partial charge in [0.15, 0.2) is 5.95 Å². The van der Waals surface area contributed by atoms with Gasteiger partial charge in [-0.15, -0.1) is 0 Å². The van der Waals surface area contributed by atoms with Crippen molar-refractivity contribution in [1.82, 2.24) is 9.97 Å². The van der Waals surface area contributed by atoms with Crippen LogP contribution in [0.5, 0.6) is 0 Å². The molecule has 1 aromatic heterocycles.